The van der Waals surface area contributed by atoms with Gasteiger partial charge in [-0.05, 0) is 53.6 Å². The molecule has 0 aliphatic heterocycles. The summed E-state index contributed by atoms with van der Waals surface area (Å²) in [7, 11) is 0. The number of nitrogens with zero attached hydrogens (tertiary/aromatic N) is 2. The van der Waals surface area contributed by atoms with Crippen molar-refractivity contribution in [3.05, 3.63) is 94.6 Å². The Kier molecular flexibility index (Phi) is 6.94. The Labute approximate surface area is 195 Å². The highest BCUT2D eigenvalue weighted by Crippen LogP contribution is 2.32. The molecule has 0 aliphatic carbocycles. The Morgan fingerprint density at radius 3 is 2.16 bits per heavy atom. The van der Waals surface area contributed by atoms with Gasteiger partial charge in [0.05, 0.1) is 5.52 Å². The maximum absolute atomic E-state index is 13.2. The molecule has 0 aliphatic rings. The highest BCUT2D eigenvalue weighted by atomic mass is 35.5. The number of aryl methyl sites for hydroxylation is 1. The van der Waals surface area contributed by atoms with Crippen LogP contribution in [0.1, 0.15) is 48.7 Å². The maximum Gasteiger partial charge on any atom is 0.147 e. The van der Waals surface area contributed by atoms with Gasteiger partial charge in [-0.15, -0.1) is 12.4 Å². The summed E-state index contributed by atoms with van der Waals surface area (Å²) in [5.74, 6) is 0.546. The van der Waals surface area contributed by atoms with E-state index in [1.54, 1.807) is 18.3 Å². The fourth-order valence-corrected chi connectivity index (χ4v) is 3.86. The van der Waals surface area contributed by atoms with Crippen LogP contribution in [0.5, 0.6) is 5.75 Å². The second kappa shape index (κ2) is 9.33. The van der Waals surface area contributed by atoms with Gasteiger partial charge < -0.3 is 9.30 Å². The van der Waals surface area contributed by atoms with E-state index in [2.05, 4.69) is 68.4 Å². The minimum atomic E-state index is -0.243. The highest BCUT2D eigenvalue weighted by Gasteiger charge is 2.18. The van der Waals surface area contributed by atoms with Gasteiger partial charge in [-0.2, -0.15) is 0 Å². The zero-order valence-corrected chi connectivity index (χ0v) is 20.1. The predicted molar refractivity (Wildman–Crippen MR) is 131 cm³/mol. The molecular weight excluding hydrogens is 423 g/mol. The number of ether oxygens (including phenoxy) is 1. The van der Waals surface area contributed by atoms with Crippen LogP contribution < -0.4 is 4.74 Å². The number of pyridine rings is 1. The predicted octanol–water partition coefficient (Wildman–Crippen LogP) is 7.14. The monoisotopic (exact) mass is 452 g/mol. The van der Waals surface area contributed by atoms with E-state index in [4.69, 9.17) is 4.74 Å². The molecule has 0 amide bonds. The Balaban J connectivity index is 0.00000289. The molecule has 0 N–H and O–H groups in total. The SMILES string of the molecule is Cc1c(C)n(Cc2ccc(C(C)(C)C)cc2)c2c(OCc3ccc(F)cc3)ccnc12.Cl. The summed E-state index contributed by atoms with van der Waals surface area (Å²) in [5.41, 5.74) is 7.92. The maximum atomic E-state index is 13.2. The molecule has 0 bridgehead atoms. The van der Waals surface area contributed by atoms with Gasteiger partial charge in [-0.3, -0.25) is 4.98 Å². The molecule has 2 aromatic heterocycles. The van der Waals surface area contributed by atoms with Crippen LogP contribution in [-0.4, -0.2) is 9.55 Å². The minimum absolute atomic E-state index is 0. The molecule has 5 heteroatoms. The molecule has 2 aromatic carbocycles. The number of rotatable bonds is 5. The topological polar surface area (TPSA) is 27.1 Å². The molecule has 3 nitrogen and oxygen atoms in total. The summed E-state index contributed by atoms with van der Waals surface area (Å²) in [6.07, 6.45) is 1.79. The van der Waals surface area contributed by atoms with E-state index in [1.807, 2.05) is 6.07 Å². The third-order valence-corrected chi connectivity index (χ3v) is 5.93. The van der Waals surface area contributed by atoms with Gasteiger partial charge in [-0.1, -0.05) is 57.2 Å². The number of halogens is 2. The zero-order chi connectivity index (χ0) is 22.2. The van der Waals surface area contributed by atoms with Crippen LogP contribution in [0.15, 0.2) is 60.8 Å². The summed E-state index contributed by atoms with van der Waals surface area (Å²) < 4.78 is 21.7. The number of hydrogen-bond donors (Lipinski definition) is 0. The second-order valence-corrected chi connectivity index (χ2v) is 9.16. The molecule has 0 spiro atoms. The van der Waals surface area contributed by atoms with Crippen molar-refractivity contribution in [3.8, 4) is 5.75 Å². The molecule has 32 heavy (non-hydrogen) atoms. The van der Waals surface area contributed by atoms with Gasteiger partial charge in [0, 0.05) is 24.5 Å². The van der Waals surface area contributed by atoms with Crippen LogP contribution in [0.2, 0.25) is 0 Å². The highest BCUT2D eigenvalue weighted by molar-refractivity contribution is 5.86. The van der Waals surface area contributed by atoms with Gasteiger partial charge in [0.2, 0.25) is 0 Å². The van der Waals surface area contributed by atoms with E-state index < -0.39 is 0 Å². The first-order chi connectivity index (χ1) is 14.7. The van der Waals surface area contributed by atoms with Crippen LogP contribution in [0.4, 0.5) is 4.39 Å². The third-order valence-electron chi connectivity index (χ3n) is 5.93. The van der Waals surface area contributed by atoms with Crippen molar-refractivity contribution < 1.29 is 9.13 Å². The van der Waals surface area contributed by atoms with Crippen molar-refractivity contribution in [2.45, 2.75) is 53.2 Å². The van der Waals surface area contributed by atoms with Crippen LogP contribution in [-0.2, 0) is 18.6 Å². The van der Waals surface area contributed by atoms with Crippen molar-refractivity contribution in [1.82, 2.24) is 9.55 Å². The second-order valence-electron chi connectivity index (χ2n) is 9.16. The van der Waals surface area contributed by atoms with E-state index in [1.165, 1.54) is 29.0 Å². The average Bonchev–Trinajstić information content (AvgIpc) is 2.98. The summed E-state index contributed by atoms with van der Waals surface area (Å²) in [6, 6.07) is 17.2. The van der Waals surface area contributed by atoms with Crippen LogP contribution in [0, 0.1) is 19.7 Å². The number of benzene rings is 2. The van der Waals surface area contributed by atoms with Gasteiger partial charge in [-0.25, -0.2) is 4.39 Å². The van der Waals surface area contributed by atoms with Crippen molar-refractivity contribution in [2.24, 2.45) is 0 Å². The van der Waals surface area contributed by atoms with Gasteiger partial charge in [0.15, 0.2) is 0 Å². The summed E-state index contributed by atoms with van der Waals surface area (Å²) in [4.78, 5) is 4.63. The van der Waals surface area contributed by atoms with E-state index in [0.717, 1.165) is 34.5 Å². The van der Waals surface area contributed by atoms with Crippen molar-refractivity contribution >= 4 is 23.4 Å². The fourth-order valence-electron chi connectivity index (χ4n) is 3.86. The summed E-state index contributed by atoms with van der Waals surface area (Å²) in [5, 5.41) is 0. The summed E-state index contributed by atoms with van der Waals surface area (Å²) in [6.45, 7) is 12.0. The smallest absolute Gasteiger partial charge is 0.147 e. The lowest BCUT2D eigenvalue weighted by atomic mass is 9.87. The molecule has 168 valence electrons. The average molecular weight is 453 g/mol. The molecule has 4 rings (SSSR count). The van der Waals surface area contributed by atoms with E-state index >= 15 is 0 Å². The number of aromatic nitrogens is 2. The molecule has 0 saturated heterocycles. The molecular formula is C27H30ClFN2O. The molecule has 2 heterocycles. The van der Waals surface area contributed by atoms with Crippen molar-refractivity contribution in [3.63, 3.8) is 0 Å². The molecule has 0 radical (unpaired) electrons. The first-order valence-corrected chi connectivity index (χ1v) is 10.6. The normalized spacial score (nSPS) is 11.4. The Morgan fingerprint density at radius 2 is 1.53 bits per heavy atom. The largest absolute Gasteiger partial charge is 0.487 e. The first-order valence-electron chi connectivity index (χ1n) is 10.6. The Morgan fingerprint density at radius 1 is 0.906 bits per heavy atom. The lowest BCUT2D eigenvalue weighted by molar-refractivity contribution is 0.308. The van der Waals surface area contributed by atoms with Crippen LogP contribution >= 0.6 is 12.4 Å². The van der Waals surface area contributed by atoms with Gasteiger partial charge >= 0.3 is 0 Å². The van der Waals surface area contributed by atoms with Crippen molar-refractivity contribution in [2.75, 3.05) is 0 Å². The minimum Gasteiger partial charge on any atom is -0.487 e. The molecule has 4 aromatic rings. The number of fused-ring (bicyclic) bond motifs is 1. The zero-order valence-electron chi connectivity index (χ0n) is 19.3. The van der Waals surface area contributed by atoms with E-state index in [9.17, 15) is 4.39 Å². The van der Waals surface area contributed by atoms with Crippen molar-refractivity contribution in [1.29, 1.82) is 0 Å². The van der Waals surface area contributed by atoms with E-state index in [0.29, 0.717) is 6.61 Å². The fraction of sp³-hybridized carbons (Fsp3) is 0.296. The Bertz CT molecular complexity index is 1210. The molecule has 0 unspecified atom stereocenters. The standard InChI is InChI=1S/C27H29FN2O.ClH/c1-18-19(2)30(16-20-6-10-22(11-7-20)27(3,4)5)26-24(14-15-29-25(18)26)31-17-21-8-12-23(28)13-9-21;/h6-15H,16-17H2,1-5H3;1H. The molecule has 0 saturated carbocycles. The quantitative estimate of drug-likeness (QED) is 0.321. The number of hydrogen-bond acceptors (Lipinski definition) is 2. The van der Waals surface area contributed by atoms with Crippen LogP contribution in [0.25, 0.3) is 11.0 Å². The lowest BCUT2D eigenvalue weighted by Gasteiger charge is -2.19. The Hall–Kier alpha value is -2.85. The lowest BCUT2D eigenvalue weighted by Crippen LogP contribution is -2.11. The van der Waals surface area contributed by atoms with E-state index in [-0.39, 0.29) is 23.6 Å². The summed E-state index contributed by atoms with van der Waals surface area (Å²) >= 11 is 0. The van der Waals surface area contributed by atoms with Gasteiger partial charge in [0.1, 0.15) is 23.7 Å². The molecule has 0 fully saturated rings. The van der Waals surface area contributed by atoms with Gasteiger partial charge in [0.25, 0.3) is 0 Å². The van der Waals surface area contributed by atoms with Crippen LogP contribution in [0.3, 0.4) is 0 Å². The molecule has 0 atom stereocenters. The third kappa shape index (κ3) is 4.81. The first kappa shape index (κ1) is 23.8.